The van der Waals surface area contributed by atoms with E-state index in [-0.39, 0.29) is 62.9 Å². The number of hydrogen-bond acceptors (Lipinski definition) is 4. The molecule has 10 heteroatoms. The van der Waals surface area contributed by atoms with E-state index in [1.54, 1.807) is 0 Å². The predicted molar refractivity (Wildman–Crippen MR) is 113 cm³/mol. The molecule has 0 aliphatic carbocycles. The molecule has 0 aromatic rings. The van der Waals surface area contributed by atoms with Crippen molar-refractivity contribution in [2.24, 2.45) is 23.3 Å². The Morgan fingerprint density at radius 3 is 1.31 bits per heavy atom. The van der Waals surface area contributed by atoms with E-state index in [1.807, 2.05) is 0 Å². The van der Waals surface area contributed by atoms with Gasteiger partial charge in [-0.2, -0.15) is 0 Å². The zero-order valence-corrected chi connectivity index (χ0v) is 20.2. The molecule has 158 valence electrons. The summed E-state index contributed by atoms with van der Waals surface area (Å²) in [6, 6.07) is 0. The topological polar surface area (TPSA) is 127 Å². The van der Waals surface area contributed by atoms with Crippen LogP contribution in [0.25, 0.3) is 0 Å². The maximum atomic E-state index is 11.3. The molecule has 0 fully saturated rings. The third kappa shape index (κ3) is 17.9. The van der Waals surface area contributed by atoms with Crippen LogP contribution in [0.5, 0.6) is 0 Å². The molecule has 6 nitrogen and oxygen atoms in total. The van der Waals surface area contributed by atoms with Crippen molar-refractivity contribution >= 4 is 63.0 Å². The second-order valence-electron chi connectivity index (χ2n) is 5.92. The molecule has 0 aliphatic heterocycles. The van der Waals surface area contributed by atoms with Gasteiger partial charge in [0.1, 0.15) is 0 Å². The Hall–Kier alpha value is 0.479. The van der Waals surface area contributed by atoms with E-state index < -0.39 is 11.9 Å². The number of nitrogens with two attached hydrogens (primary N) is 2. The summed E-state index contributed by atoms with van der Waals surface area (Å²) in [7, 11) is 0. The van der Waals surface area contributed by atoms with Gasteiger partial charge in [-0.3, -0.25) is 0 Å². The Morgan fingerprint density at radius 2 is 1.04 bits per heavy atom. The van der Waals surface area contributed by atoms with E-state index in [2.05, 4.69) is 0 Å². The summed E-state index contributed by atoms with van der Waals surface area (Å²) in [6.45, 7) is 1.32. The summed E-state index contributed by atoms with van der Waals surface area (Å²) in [5.74, 6) is -1.95. The molecule has 0 saturated carbocycles. The van der Waals surface area contributed by atoms with Gasteiger partial charge in [0.25, 0.3) is 0 Å². The number of aliphatic carboxylic acids is 2. The molecule has 2 unspecified atom stereocenters. The third-order valence-electron chi connectivity index (χ3n) is 3.83. The molecule has 2 atom stereocenters. The summed E-state index contributed by atoms with van der Waals surface area (Å²) in [4.78, 5) is 22.6. The second-order valence-corrected chi connectivity index (χ2v) is 13.4. The summed E-state index contributed by atoms with van der Waals surface area (Å²) in [5, 5.41) is 20.0. The first-order valence-corrected chi connectivity index (χ1v) is 15.4. The summed E-state index contributed by atoms with van der Waals surface area (Å²) < 4.78 is 0. The van der Waals surface area contributed by atoms with E-state index in [0.29, 0.717) is 25.9 Å². The Morgan fingerprint density at radius 1 is 0.692 bits per heavy atom. The zero-order chi connectivity index (χ0) is 18.2. The third-order valence-corrected chi connectivity index (χ3v) is 11.2. The number of carbonyl (C=O) groups is 2. The molecule has 0 aromatic heterocycles. The number of carboxylic acids is 2. The molecule has 0 aromatic carbocycles. The van der Waals surface area contributed by atoms with E-state index in [0.717, 1.165) is 49.2 Å². The van der Waals surface area contributed by atoms with Crippen LogP contribution in [0.4, 0.5) is 0 Å². The average molecular weight is 547 g/mol. The minimum absolute atomic E-state index is 0. The molecule has 6 N–H and O–H groups in total. The summed E-state index contributed by atoms with van der Waals surface area (Å²) in [6.07, 6.45) is 7.14. The van der Waals surface area contributed by atoms with Crippen molar-refractivity contribution in [1.82, 2.24) is 0 Å². The van der Waals surface area contributed by atoms with Crippen LogP contribution in [-0.2, 0) is 9.59 Å². The number of unbranched alkanes of at least 4 members (excludes halogenated alkanes) is 4. The zero-order valence-electron chi connectivity index (χ0n) is 15.1. The molecule has 0 amide bonds. The Labute approximate surface area is 180 Å². The fourth-order valence-corrected chi connectivity index (χ4v) is 10.3. The van der Waals surface area contributed by atoms with Gasteiger partial charge >= 0.3 is 156 Å². The van der Waals surface area contributed by atoms with Crippen LogP contribution < -0.4 is 11.5 Å². The SMILES string of the molecule is Cl.Cl.NCCCCCC(C[Se][Se]CC(CCCCCN)C(=O)O)C(=O)O. The van der Waals surface area contributed by atoms with Crippen LogP contribution in [0.2, 0.25) is 10.6 Å². The number of carboxylic acid groups (broad SMARTS) is 2. The number of halogens is 2. The van der Waals surface area contributed by atoms with Gasteiger partial charge in [0.15, 0.2) is 0 Å². The van der Waals surface area contributed by atoms with Crippen LogP contribution in [0, 0.1) is 11.8 Å². The van der Waals surface area contributed by atoms with Crippen LogP contribution in [-0.4, -0.2) is 61.5 Å². The van der Waals surface area contributed by atoms with Gasteiger partial charge in [-0.15, -0.1) is 24.8 Å². The van der Waals surface area contributed by atoms with Crippen molar-refractivity contribution in [3.63, 3.8) is 0 Å². The van der Waals surface area contributed by atoms with Gasteiger partial charge in [-0.1, -0.05) is 0 Å². The van der Waals surface area contributed by atoms with Crippen LogP contribution in [0.3, 0.4) is 0 Å². The Kier molecular flexibility index (Phi) is 26.1. The van der Waals surface area contributed by atoms with Gasteiger partial charge in [-0.05, 0) is 0 Å². The molecule has 26 heavy (non-hydrogen) atoms. The van der Waals surface area contributed by atoms with Gasteiger partial charge in [0.05, 0.1) is 0 Å². The molecule has 0 spiro atoms. The molecule has 0 rings (SSSR count). The van der Waals surface area contributed by atoms with Crippen LogP contribution >= 0.6 is 24.8 Å². The quantitative estimate of drug-likeness (QED) is 0.164. The fraction of sp³-hybridized carbons (Fsp3) is 0.875. The molecular formula is C16H34Cl2N2O4Se2. The fourth-order valence-electron chi connectivity index (χ4n) is 2.24. The molecule has 0 aliphatic rings. The molecule has 0 heterocycles. The number of rotatable bonds is 17. The Balaban J connectivity index is -0.00000264. The second kappa shape index (κ2) is 21.8. The van der Waals surface area contributed by atoms with Crippen LogP contribution in [0.1, 0.15) is 51.4 Å². The molecular weight excluding hydrogens is 513 g/mol. The van der Waals surface area contributed by atoms with Crippen molar-refractivity contribution in [2.75, 3.05) is 13.1 Å². The van der Waals surface area contributed by atoms with Gasteiger partial charge in [0, 0.05) is 0 Å². The van der Waals surface area contributed by atoms with E-state index in [9.17, 15) is 19.8 Å². The van der Waals surface area contributed by atoms with Crippen molar-refractivity contribution in [1.29, 1.82) is 0 Å². The van der Waals surface area contributed by atoms with Crippen LogP contribution in [0.15, 0.2) is 0 Å². The Bertz CT molecular complexity index is 324. The molecule has 0 bridgehead atoms. The van der Waals surface area contributed by atoms with Crippen molar-refractivity contribution < 1.29 is 19.8 Å². The van der Waals surface area contributed by atoms with Crippen molar-refractivity contribution in [3.8, 4) is 0 Å². The first-order valence-electron chi connectivity index (χ1n) is 8.63. The first-order chi connectivity index (χ1) is 11.5. The van der Waals surface area contributed by atoms with Gasteiger partial charge in [0.2, 0.25) is 0 Å². The summed E-state index contributed by atoms with van der Waals surface area (Å²) in [5.41, 5.74) is 10.9. The van der Waals surface area contributed by atoms with Crippen molar-refractivity contribution in [2.45, 2.75) is 62.0 Å². The van der Waals surface area contributed by atoms with Gasteiger partial charge < -0.3 is 0 Å². The number of hydrogen-bond donors (Lipinski definition) is 4. The maximum absolute atomic E-state index is 11.3. The van der Waals surface area contributed by atoms with E-state index in [4.69, 9.17) is 11.5 Å². The normalized spacial score (nSPS) is 12.5. The minimum atomic E-state index is -0.711. The predicted octanol–water partition coefficient (Wildman–Crippen LogP) is 2.43. The van der Waals surface area contributed by atoms with Gasteiger partial charge in [-0.25, -0.2) is 0 Å². The molecule has 0 radical (unpaired) electrons. The van der Waals surface area contributed by atoms with E-state index >= 15 is 0 Å². The average Bonchev–Trinajstić information content (AvgIpc) is 2.54. The standard InChI is InChI=1S/C16H32N2O4Se2.2ClH/c17-9-5-1-3-7-13(15(19)20)11-23-24-12-14(16(21)22)8-4-2-6-10-18;;/h13-14H,1-12,17-18H2,(H,19,20)(H,21,22);2*1H. The van der Waals surface area contributed by atoms with Crippen molar-refractivity contribution in [3.05, 3.63) is 0 Å². The molecule has 0 saturated heterocycles. The monoisotopic (exact) mass is 548 g/mol. The summed E-state index contributed by atoms with van der Waals surface area (Å²) >= 11 is 0.518. The van der Waals surface area contributed by atoms with E-state index in [1.165, 1.54) is 0 Å². The first kappa shape index (κ1) is 31.2.